The van der Waals surface area contributed by atoms with Crippen molar-refractivity contribution in [2.45, 2.75) is 20.0 Å². The third kappa shape index (κ3) is 5.89. The fourth-order valence-electron chi connectivity index (χ4n) is 3.69. The lowest BCUT2D eigenvalue weighted by Crippen LogP contribution is -2.52. The lowest BCUT2D eigenvalue weighted by molar-refractivity contribution is 0.172. The molecule has 0 atom stereocenters. The molecule has 0 amide bonds. The minimum absolute atomic E-state index is 0.228. The Balaban J connectivity index is 1.60. The van der Waals surface area contributed by atoms with Crippen molar-refractivity contribution in [2.24, 2.45) is 4.99 Å². The summed E-state index contributed by atoms with van der Waals surface area (Å²) < 4.78 is 24.9. The van der Waals surface area contributed by atoms with Gasteiger partial charge in [0.2, 0.25) is 0 Å². The summed E-state index contributed by atoms with van der Waals surface area (Å²) in [5, 5.41) is 12.2. The monoisotopic (exact) mass is 439 g/mol. The number of aliphatic imine (C=N–C) groups is 1. The number of piperazine rings is 1. The first-order chi connectivity index (χ1) is 15.6. The number of methoxy groups -OCH3 is 2. The van der Waals surface area contributed by atoms with E-state index in [2.05, 4.69) is 26.2 Å². The Morgan fingerprint density at radius 2 is 1.84 bits per heavy atom. The van der Waals surface area contributed by atoms with Crippen LogP contribution in [-0.2, 0) is 13.1 Å². The molecule has 0 aliphatic carbocycles. The first-order valence-corrected chi connectivity index (χ1v) is 10.7. The zero-order valence-corrected chi connectivity index (χ0v) is 18.9. The molecular formula is C24H30FN5O2. The second-order valence-corrected chi connectivity index (χ2v) is 7.54. The minimum atomic E-state index is -0.400. The Bertz CT molecular complexity index is 981. The van der Waals surface area contributed by atoms with Crippen LogP contribution in [0, 0.1) is 17.1 Å². The Morgan fingerprint density at radius 3 is 2.47 bits per heavy atom. The molecule has 170 valence electrons. The Morgan fingerprint density at radius 1 is 1.09 bits per heavy atom. The zero-order valence-electron chi connectivity index (χ0n) is 18.9. The highest BCUT2D eigenvalue weighted by atomic mass is 19.1. The second-order valence-electron chi connectivity index (χ2n) is 7.54. The third-order valence-electron chi connectivity index (χ3n) is 5.44. The van der Waals surface area contributed by atoms with Crippen LogP contribution in [-0.4, -0.2) is 62.7 Å². The topological polar surface area (TPSA) is 73.1 Å². The van der Waals surface area contributed by atoms with E-state index in [-0.39, 0.29) is 6.54 Å². The van der Waals surface area contributed by atoms with Gasteiger partial charge in [-0.25, -0.2) is 9.38 Å². The SMILES string of the molecule is CCNC(=NCc1ccc(C#N)cc1F)N1CCN(Cc2ccc(OC)c(OC)c2)CC1. The van der Waals surface area contributed by atoms with Gasteiger partial charge in [-0.3, -0.25) is 4.90 Å². The first-order valence-electron chi connectivity index (χ1n) is 10.7. The molecule has 0 unspecified atom stereocenters. The number of benzene rings is 2. The standard InChI is InChI=1S/C24H30FN5O2/c1-4-27-24(28-16-20-7-5-18(15-26)13-21(20)25)30-11-9-29(10-12-30)17-19-6-8-22(31-2)23(14-19)32-3/h5-8,13-14H,4,9-12,16-17H2,1-3H3,(H,27,28). The van der Waals surface area contributed by atoms with E-state index in [1.54, 1.807) is 26.4 Å². The van der Waals surface area contributed by atoms with Crippen LogP contribution in [0.1, 0.15) is 23.6 Å². The number of ether oxygens (including phenoxy) is 2. The van der Waals surface area contributed by atoms with Crippen molar-refractivity contribution in [1.29, 1.82) is 5.26 Å². The lowest BCUT2D eigenvalue weighted by atomic mass is 10.1. The van der Waals surface area contributed by atoms with Crippen LogP contribution in [0.25, 0.3) is 0 Å². The summed E-state index contributed by atoms with van der Waals surface area (Å²) >= 11 is 0. The van der Waals surface area contributed by atoms with E-state index in [0.29, 0.717) is 11.1 Å². The van der Waals surface area contributed by atoms with Gasteiger partial charge in [0.1, 0.15) is 5.82 Å². The number of rotatable bonds is 7. The fraction of sp³-hybridized carbons (Fsp3) is 0.417. The van der Waals surface area contributed by atoms with Crippen molar-refractivity contribution >= 4 is 5.96 Å². The molecule has 0 aromatic heterocycles. The summed E-state index contributed by atoms with van der Waals surface area (Å²) in [5.41, 5.74) is 1.96. The number of halogens is 1. The Hall–Kier alpha value is -3.31. The van der Waals surface area contributed by atoms with Crippen LogP contribution in [0.3, 0.4) is 0 Å². The minimum Gasteiger partial charge on any atom is -0.493 e. The maximum Gasteiger partial charge on any atom is 0.194 e. The van der Waals surface area contributed by atoms with Gasteiger partial charge in [0.15, 0.2) is 17.5 Å². The van der Waals surface area contributed by atoms with Crippen molar-refractivity contribution in [3.8, 4) is 17.6 Å². The average Bonchev–Trinajstić information content (AvgIpc) is 2.82. The zero-order chi connectivity index (χ0) is 22.9. The van der Waals surface area contributed by atoms with E-state index in [4.69, 9.17) is 14.7 Å². The van der Waals surface area contributed by atoms with E-state index in [0.717, 1.165) is 56.7 Å². The third-order valence-corrected chi connectivity index (χ3v) is 5.44. The molecule has 0 spiro atoms. The molecule has 7 nitrogen and oxygen atoms in total. The largest absolute Gasteiger partial charge is 0.493 e. The molecule has 3 rings (SSSR count). The highest BCUT2D eigenvalue weighted by molar-refractivity contribution is 5.80. The van der Waals surface area contributed by atoms with Gasteiger partial charge >= 0.3 is 0 Å². The van der Waals surface area contributed by atoms with E-state index in [1.807, 2.05) is 25.1 Å². The summed E-state index contributed by atoms with van der Waals surface area (Å²) in [6, 6.07) is 12.5. The average molecular weight is 440 g/mol. The maximum atomic E-state index is 14.2. The molecule has 1 N–H and O–H groups in total. The maximum absolute atomic E-state index is 14.2. The van der Waals surface area contributed by atoms with E-state index in [1.165, 1.54) is 11.6 Å². The summed E-state index contributed by atoms with van der Waals surface area (Å²) in [6.45, 7) is 7.26. The summed E-state index contributed by atoms with van der Waals surface area (Å²) in [4.78, 5) is 9.23. The molecule has 2 aromatic rings. The molecule has 1 heterocycles. The predicted molar refractivity (Wildman–Crippen MR) is 122 cm³/mol. The van der Waals surface area contributed by atoms with Crippen molar-refractivity contribution in [2.75, 3.05) is 46.9 Å². The number of nitrogens with zero attached hydrogens (tertiary/aromatic N) is 4. The van der Waals surface area contributed by atoms with Crippen LogP contribution < -0.4 is 14.8 Å². The molecule has 8 heteroatoms. The van der Waals surface area contributed by atoms with Crippen molar-refractivity contribution < 1.29 is 13.9 Å². The van der Waals surface area contributed by atoms with Gasteiger partial charge in [-0.15, -0.1) is 0 Å². The predicted octanol–water partition coefficient (Wildman–Crippen LogP) is 3.00. The highest BCUT2D eigenvalue weighted by Gasteiger charge is 2.20. The van der Waals surface area contributed by atoms with E-state index < -0.39 is 5.82 Å². The normalized spacial score (nSPS) is 14.7. The highest BCUT2D eigenvalue weighted by Crippen LogP contribution is 2.28. The fourth-order valence-corrected chi connectivity index (χ4v) is 3.69. The molecule has 1 fully saturated rings. The molecule has 1 aliphatic heterocycles. The van der Waals surface area contributed by atoms with E-state index >= 15 is 0 Å². The van der Waals surface area contributed by atoms with Crippen molar-refractivity contribution in [3.05, 3.63) is 58.9 Å². The van der Waals surface area contributed by atoms with Gasteiger partial charge in [-0.1, -0.05) is 12.1 Å². The Kier molecular flexibility index (Phi) is 8.28. The first kappa shape index (κ1) is 23.4. The number of hydrogen-bond donors (Lipinski definition) is 1. The molecular weight excluding hydrogens is 409 g/mol. The lowest BCUT2D eigenvalue weighted by Gasteiger charge is -2.36. The molecule has 0 radical (unpaired) electrons. The molecule has 32 heavy (non-hydrogen) atoms. The molecule has 1 saturated heterocycles. The van der Waals surface area contributed by atoms with Crippen LogP contribution >= 0.6 is 0 Å². The summed E-state index contributed by atoms with van der Waals surface area (Å²) in [6.07, 6.45) is 0. The van der Waals surface area contributed by atoms with Gasteiger partial charge in [0.05, 0.1) is 32.4 Å². The summed E-state index contributed by atoms with van der Waals surface area (Å²) in [5.74, 6) is 1.84. The molecule has 1 aliphatic rings. The quantitative estimate of drug-likeness (QED) is 0.528. The second kappa shape index (κ2) is 11.3. The van der Waals surface area contributed by atoms with Crippen LogP contribution in [0.5, 0.6) is 11.5 Å². The van der Waals surface area contributed by atoms with Crippen molar-refractivity contribution in [3.63, 3.8) is 0 Å². The molecule has 0 bridgehead atoms. The van der Waals surface area contributed by atoms with Crippen LogP contribution in [0.15, 0.2) is 41.4 Å². The number of hydrogen-bond acceptors (Lipinski definition) is 5. The smallest absolute Gasteiger partial charge is 0.194 e. The van der Waals surface area contributed by atoms with Gasteiger partial charge in [0, 0.05) is 44.8 Å². The number of nitrogens with one attached hydrogen (secondary N) is 1. The molecule has 0 saturated carbocycles. The number of guanidine groups is 1. The Labute approximate surface area is 189 Å². The van der Waals surface area contributed by atoms with Crippen molar-refractivity contribution in [1.82, 2.24) is 15.1 Å². The van der Waals surface area contributed by atoms with Gasteiger partial charge in [-0.05, 0) is 36.8 Å². The van der Waals surface area contributed by atoms with Gasteiger partial charge in [0.25, 0.3) is 0 Å². The van der Waals surface area contributed by atoms with Gasteiger partial charge in [-0.2, -0.15) is 5.26 Å². The van der Waals surface area contributed by atoms with E-state index in [9.17, 15) is 4.39 Å². The van der Waals surface area contributed by atoms with Gasteiger partial charge < -0.3 is 19.7 Å². The van der Waals surface area contributed by atoms with Crippen LogP contribution in [0.4, 0.5) is 4.39 Å². The summed E-state index contributed by atoms with van der Waals surface area (Å²) in [7, 11) is 3.28. The molecule has 2 aromatic carbocycles. The van der Waals surface area contributed by atoms with Crippen LogP contribution in [0.2, 0.25) is 0 Å². The number of nitriles is 1.